The zero-order valence-electron chi connectivity index (χ0n) is 18.3. The van der Waals surface area contributed by atoms with E-state index in [1.807, 2.05) is 26.8 Å². The van der Waals surface area contributed by atoms with Crippen LogP contribution in [0.15, 0.2) is 18.2 Å². The van der Waals surface area contributed by atoms with Gasteiger partial charge in [0, 0.05) is 12.1 Å². The molecule has 1 aliphatic rings. The van der Waals surface area contributed by atoms with Crippen molar-refractivity contribution in [2.24, 2.45) is 5.92 Å². The van der Waals surface area contributed by atoms with Gasteiger partial charge in [0.05, 0.1) is 20.3 Å². The largest absolute Gasteiger partial charge is 0.497 e. The highest BCUT2D eigenvalue weighted by Gasteiger charge is 2.27. The zero-order chi connectivity index (χ0) is 21.4. The second-order valence-electron chi connectivity index (χ2n) is 8.03. The van der Waals surface area contributed by atoms with Crippen molar-refractivity contribution in [1.29, 1.82) is 0 Å². The summed E-state index contributed by atoms with van der Waals surface area (Å²) in [7, 11) is 3.33. The normalized spacial score (nSPS) is 16.3. The highest BCUT2D eigenvalue weighted by Crippen LogP contribution is 2.27. The van der Waals surface area contributed by atoms with Crippen LogP contribution in [0.4, 0.5) is 4.79 Å². The number of nitrogens with one attached hydrogen (secondary N) is 2. The number of amides is 3. The number of ether oxygens (including phenoxy) is 2. The van der Waals surface area contributed by atoms with Crippen LogP contribution in [-0.2, 0) is 11.2 Å². The van der Waals surface area contributed by atoms with Gasteiger partial charge in [-0.15, -0.1) is 0 Å². The van der Waals surface area contributed by atoms with Gasteiger partial charge in [0.15, 0.2) is 0 Å². The maximum absolute atomic E-state index is 12.3. The molecule has 0 aliphatic carbocycles. The quantitative estimate of drug-likeness (QED) is 0.695. The lowest BCUT2D eigenvalue weighted by atomic mass is 9.90. The van der Waals surface area contributed by atoms with E-state index in [4.69, 9.17) is 9.47 Å². The molecule has 2 rings (SSSR count). The first-order chi connectivity index (χ1) is 13.8. The van der Waals surface area contributed by atoms with Gasteiger partial charge in [0.2, 0.25) is 5.91 Å². The van der Waals surface area contributed by atoms with Crippen molar-refractivity contribution >= 4 is 11.9 Å². The summed E-state index contributed by atoms with van der Waals surface area (Å²) in [5.41, 5.74) is 1.22. The number of methoxy groups -OCH3 is 2. The van der Waals surface area contributed by atoms with Gasteiger partial charge >= 0.3 is 6.03 Å². The lowest BCUT2D eigenvalue weighted by Crippen LogP contribution is -2.52. The number of imide groups is 1. The number of piperidine rings is 1. The molecule has 1 aromatic carbocycles. The first-order valence-corrected chi connectivity index (χ1v) is 10.4. The van der Waals surface area contributed by atoms with Crippen molar-refractivity contribution in [3.63, 3.8) is 0 Å². The van der Waals surface area contributed by atoms with Crippen molar-refractivity contribution in [1.82, 2.24) is 15.5 Å². The summed E-state index contributed by atoms with van der Waals surface area (Å²) < 4.78 is 10.7. The van der Waals surface area contributed by atoms with Gasteiger partial charge in [0.1, 0.15) is 11.5 Å². The minimum Gasteiger partial charge on any atom is -0.497 e. The molecule has 29 heavy (non-hydrogen) atoms. The fourth-order valence-electron chi connectivity index (χ4n) is 3.69. The molecule has 1 aliphatic heterocycles. The molecule has 0 bridgehead atoms. The molecule has 7 heteroatoms. The Morgan fingerprint density at radius 1 is 1.07 bits per heavy atom. The van der Waals surface area contributed by atoms with Crippen molar-refractivity contribution in [3.8, 4) is 11.5 Å². The summed E-state index contributed by atoms with van der Waals surface area (Å²) in [6, 6.07) is 5.27. The smallest absolute Gasteiger partial charge is 0.321 e. The van der Waals surface area contributed by atoms with Gasteiger partial charge in [-0.25, -0.2) is 4.79 Å². The molecule has 0 aromatic heterocycles. The zero-order valence-corrected chi connectivity index (χ0v) is 18.3. The number of benzene rings is 1. The van der Waals surface area contributed by atoms with E-state index < -0.39 is 6.03 Å². The topological polar surface area (TPSA) is 79.9 Å². The third kappa shape index (κ3) is 7.24. The van der Waals surface area contributed by atoms with Crippen molar-refractivity contribution in [2.45, 2.75) is 58.5 Å². The molecule has 3 amide bonds. The minimum atomic E-state index is -0.430. The average Bonchev–Trinajstić information content (AvgIpc) is 2.71. The number of rotatable bonds is 8. The van der Waals surface area contributed by atoms with E-state index in [2.05, 4.69) is 27.7 Å². The standard InChI is InChI=1S/C22H35N3O4/c1-15(2)23-22(27)24-21(26)16(3)25-10-8-17(9-11-25)6-7-18-12-19(28-4)14-20(13-18)29-5/h12-17H,6-11H2,1-5H3,(H2,23,24,26,27). The maximum Gasteiger partial charge on any atom is 0.321 e. The third-order valence-corrected chi connectivity index (χ3v) is 5.49. The van der Waals surface area contributed by atoms with Gasteiger partial charge in [-0.05, 0) is 83.2 Å². The fourth-order valence-corrected chi connectivity index (χ4v) is 3.69. The van der Waals surface area contributed by atoms with Crippen LogP contribution in [0.2, 0.25) is 0 Å². The second kappa shape index (κ2) is 11.0. The van der Waals surface area contributed by atoms with Crippen LogP contribution >= 0.6 is 0 Å². The van der Waals surface area contributed by atoms with Crippen molar-refractivity contribution < 1.29 is 19.1 Å². The number of hydrogen-bond donors (Lipinski definition) is 2. The Morgan fingerprint density at radius 2 is 1.66 bits per heavy atom. The SMILES string of the molecule is COc1cc(CCC2CCN(C(C)C(=O)NC(=O)NC(C)C)CC2)cc(OC)c1. The molecule has 0 spiro atoms. The van der Waals surface area contributed by atoms with Crippen LogP contribution in [-0.4, -0.2) is 56.2 Å². The molecule has 0 radical (unpaired) electrons. The number of carbonyl (C=O) groups excluding carboxylic acids is 2. The fraction of sp³-hybridized carbons (Fsp3) is 0.636. The predicted octanol–water partition coefficient (Wildman–Crippen LogP) is 2.97. The number of hydrogen-bond acceptors (Lipinski definition) is 5. The number of carbonyl (C=O) groups is 2. The summed E-state index contributed by atoms with van der Waals surface area (Å²) in [6.07, 6.45) is 4.18. The monoisotopic (exact) mass is 405 g/mol. The van der Waals surface area contributed by atoms with E-state index in [-0.39, 0.29) is 18.0 Å². The molecule has 7 nitrogen and oxygen atoms in total. The van der Waals surface area contributed by atoms with Crippen molar-refractivity contribution in [2.75, 3.05) is 27.3 Å². The number of likely N-dealkylation sites (tertiary alicyclic amines) is 1. The van der Waals surface area contributed by atoms with Gasteiger partial charge in [-0.3, -0.25) is 15.0 Å². The molecule has 1 unspecified atom stereocenters. The Balaban J connectivity index is 1.78. The Morgan fingerprint density at radius 3 is 2.17 bits per heavy atom. The molecule has 1 saturated heterocycles. The molecular formula is C22H35N3O4. The summed E-state index contributed by atoms with van der Waals surface area (Å²) in [6.45, 7) is 7.32. The molecular weight excluding hydrogens is 370 g/mol. The van der Waals surface area contributed by atoms with Crippen LogP contribution in [0.3, 0.4) is 0 Å². The molecule has 162 valence electrons. The Hall–Kier alpha value is -2.28. The Kier molecular flexibility index (Phi) is 8.76. The molecule has 1 atom stereocenters. The van der Waals surface area contributed by atoms with E-state index >= 15 is 0 Å². The van der Waals surface area contributed by atoms with E-state index in [9.17, 15) is 9.59 Å². The molecule has 1 heterocycles. The second-order valence-corrected chi connectivity index (χ2v) is 8.03. The minimum absolute atomic E-state index is 0.00148. The van der Waals surface area contributed by atoms with Gasteiger partial charge < -0.3 is 14.8 Å². The molecule has 1 aromatic rings. The Bertz CT molecular complexity index is 662. The lowest BCUT2D eigenvalue weighted by molar-refractivity contribution is -0.125. The first kappa shape index (κ1) is 23.0. The van der Waals surface area contributed by atoms with Crippen LogP contribution in [0.1, 0.15) is 45.6 Å². The van der Waals surface area contributed by atoms with Crippen LogP contribution in [0.25, 0.3) is 0 Å². The molecule has 2 N–H and O–H groups in total. The molecule has 1 fully saturated rings. The lowest BCUT2D eigenvalue weighted by Gasteiger charge is -2.35. The van der Waals surface area contributed by atoms with Crippen LogP contribution in [0, 0.1) is 5.92 Å². The summed E-state index contributed by atoms with van der Waals surface area (Å²) in [5, 5.41) is 5.11. The van der Waals surface area contributed by atoms with Gasteiger partial charge in [-0.2, -0.15) is 0 Å². The number of urea groups is 1. The first-order valence-electron chi connectivity index (χ1n) is 10.4. The number of aryl methyl sites for hydroxylation is 1. The maximum atomic E-state index is 12.3. The third-order valence-electron chi connectivity index (χ3n) is 5.49. The molecule has 0 saturated carbocycles. The highest BCUT2D eigenvalue weighted by atomic mass is 16.5. The van der Waals surface area contributed by atoms with Crippen molar-refractivity contribution in [3.05, 3.63) is 23.8 Å². The highest BCUT2D eigenvalue weighted by molar-refractivity contribution is 5.96. The van der Waals surface area contributed by atoms with E-state index in [1.54, 1.807) is 14.2 Å². The van der Waals surface area contributed by atoms with E-state index in [1.165, 1.54) is 5.56 Å². The predicted molar refractivity (Wildman–Crippen MR) is 113 cm³/mol. The van der Waals surface area contributed by atoms with E-state index in [0.717, 1.165) is 50.3 Å². The summed E-state index contributed by atoms with van der Waals surface area (Å²) in [5.74, 6) is 2.01. The average molecular weight is 406 g/mol. The number of nitrogens with zero attached hydrogens (tertiary/aromatic N) is 1. The Labute approximate surface area is 174 Å². The van der Waals surface area contributed by atoms with E-state index in [0.29, 0.717) is 5.92 Å². The summed E-state index contributed by atoms with van der Waals surface area (Å²) >= 11 is 0. The van der Waals surface area contributed by atoms with Crippen LogP contribution < -0.4 is 20.1 Å². The summed E-state index contributed by atoms with van der Waals surface area (Å²) in [4.78, 5) is 26.2. The van der Waals surface area contributed by atoms with Gasteiger partial charge in [0.25, 0.3) is 0 Å². The van der Waals surface area contributed by atoms with Gasteiger partial charge in [-0.1, -0.05) is 0 Å². The van der Waals surface area contributed by atoms with Crippen LogP contribution in [0.5, 0.6) is 11.5 Å².